The molecule has 2 heterocycles. The molecule has 1 aromatic heterocycles. The molecular weight excluding hydrogens is 260 g/mol. The summed E-state index contributed by atoms with van der Waals surface area (Å²) in [6.45, 7) is 1.88. The Bertz CT molecular complexity index is 568. The van der Waals surface area contributed by atoms with Crippen LogP contribution in [0.5, 0.6) is 0 Å². The molecule has 0 N–H and O–H groups in total. The summed E-state index contributed by atoms with van der Waals surface area (Å²) < 4.78 is 4.90. The zero-order valence-corrected chi connectivity index (χ0v) is 11.2. The summed E-state index contributed by atoms with van der Waals surface area (Å²) in [5.41, 5.74) is 2.13. The topological polar surface area (TPSA) is 42.4 Å². The number of carbonyl (C=O) groups is 1. The number of thiazole rings is 1. The average Bonchev–Trinajstić information content (AvgIpc) is 3.06. The third-order valence-electron chi connectivity index (χ3n) is 3.06. The fourth-order valence-corrected chi connectivity index (χ4v) is 2.82. The van der Waals surface area contributed by atoms with Gasteiger partial charge in [-0.05, 0) is 0 Å². The van der Waals surface area contributed by atoms with Crippen molar-refractivity contribution in [3.05, 3.63) is 40.7 Å². The van der Waals surface area contributed by atoms with Gasteiger partial charge in [-0.3, -0.25) is 0 Å². The van der Waals surface area contributed by atoms with Crippen molar-refractivity contribution in [1.29, 1.82) is 0 Å². The van der Waals surface area contributed by atoms with Crippen molar-refractivity contribution in [2.75, 3.05) is 19.7 Å². The van der Waals surface area contributed by atoms with Crippen LogP contribution in [-0.4, -0.2) is 35.7 Å². The number of ether oxygens (including phenoxy) is 1. The van der Waals surface area contributed by atoms with Gasteiger partial charge in [0, 0.05) is 23.9 Å². The van der Waals surface area contributed by atoms with Crippen LogP contribution in [0.15, 0.2) is 35.7 Å². The lowest BCUT2D eigenvalue weighted by atomic mass is 10.2. The van der Waals surface area contributed by atoms with Gasteiger partial charge < -0.3 is 9.64 Å². The van der Waals surface area contributed by atoms with E-state index < -0.39 is 0 Å². The second kappa shape index (κ2) is 5.40. The van der Waals surface area contributed by atoms with Crippen molar-refractivity contribution >= 4 is 17.4 Å². The van der Waals surface area contributed by atoms with Gasteiger partial charge in [-0.2, -0.15) is 0 Å². The number of benzene rings is 1. The van der Waals surface area contributed by atoms with Crippen molar-refractivity contribution < 1.29 is 9.53 Å². The Kier molecular flexibility index (Phi) is 3.46. The monoisotopic (exact) mass is 274 g/mol. The maximum Gasteiger partial charge on any atom is 0.409 e. The Morgan fingerprint density at radius 1 is 1.32 bits per heavy atom. The van der Waals surface area contributed by atoms with E-state index in [9.17, 15) is 4.79 Å². The van der Waals surface area contributed by atoms with E-state index in [1.54, 1.807) is 16.2 Å². The van der Waals surface area contributed by atoms with E-state index in [0.29, 0.717) is 19.7 Å². The fourth-order valence-electron chi connectivity index (χ4n) is 2.03. The largest absolute Gasteiger partial charge is 0.448 e. The first kappa shape index (κ1) is 12.2. The molecule has 5 heteroatoms. The van der Waals surface area contributed by atoms with Crippen molar-refractivity contribution in [3.63, 3.8) is 0 Å². The lowest BCUT2D eigenvalue weighted by Gasteiger charge is -2.10. The van der Waals surface area contributed by atoms with Gasteiger partial charge in [0.15, 0.2) is 0 Å². The van der Waals surface area contributed by atoms with Crippen LogP contribution in [0.1, 0.15) is 5.01 Å². The molecule has 0 aliphatic carbocycles. The highest BCUT2D eigenvalue weighted by Gasteiger charge is 2.21. The third kappa shape index (κ3) is 2.76. The number of rotatable bonds is 4. The van der Waals surface area contributed by atoms with Gasteiger partial charge >= 0.3 is 6.09 Å². The zero-order valence-electron chi connectivity index (χ0n) is 10.4. The first-order valence-corrected chi connectivity index (χ1v) is 7.12. The standard InChI is InChI=1S/C14H14N2O2S/c17-14-16(8-9-18-14)7-6-13-15-12(10-19-13)11-4-2-1-3-5-11/h1-5,10H,6-9H2. The van der Waals surface area contributed by atoms with Crippen molar-refractivity contribution in [3.8, 4) is 11.3 Å². The Labute approximate surface area is 115 Å². The molecule has 1 saturated heterocycles. The van der Waals surface area contributed by atoms with Gasteiger partial charge in [0.25, 0.3) is 0 Å². The van der Waals surface area contributed by atoms with E-state index in [1.165, 1.54) is 0 Å². The van der Waals surface area contributed by atoms with Crippen LogP contribution in [0.3, 0.4) is 0 Å². The highest BCUT2D eigenvalue weighted by atomic mass is 32.1. The number of hydrogen-bond donors (Lipinski definition) is 0. The molecule has 1 aliphatic heterocycles. The molecule has 0 spiro atoms. The van der Waals surface area contributed by atoms with E-state index >= 15 is 0 Å². The normalized spacial score (nSPS) is 14.7. The molecule has 98 valence electrons. The highest BCUT2D eigenvalue weighted by molar-refractivity contribution is 7.09. The van der Waals surface area contributed by atoms with Crippen LogP contribution >= 0.6 is 11.3 Å². The maximum atomic E-state index is 11.3. The van der Waals surface area contributed by atoms with E-state index in [1.807, 2.05) is 18.2 Å². The van der Waals surface area contributed by atoms with Crippen LogP contribution in [-0.2, 0) is 11.2 Å². The minimum absolute atomic E-state index is 0.208. The Morgan fingerprint density at radius 3 is 2.89 bits per heavy atom. The SMILES string of the molecule is O=C1OCCN1CCc1nc(-c2ccccc2)cs1. The molecule has 0 atom stereocenters. The second-order valence-corrected chi connectivity index (χ2v) is 5.29. The van der Waals surface area contributed by atoms with Crippen LogP contribution < -0.4 is 0 Å². The number of nitrogens with zero attached hydrogens (tertiary/aromatic N) is 2. The van der Waals surface area contributed by atoms with Crippen LogP contribution in [0.4, 0.5) is 4.79 Å². The molecule has 1 fully saturated rings. The van der Waals surface area contributed by atoms with E-state index in [2.05, 4.69) is 22.5 Å². The second-order valence-electron chi connectivity index (χ2n) is 4.34. The first-order chi connectivity index (χ1) is 9.33. The minimum Gasteiger partial charge on any atom is -0.448 e. The molecule has 0 saturated carbocycles. The van der Waals surface area contributed by atoms with Gasteiger partial charge in [0.2, 0.25) is 0 Å². The number of cyclic esters (lactones) is 1. The van der Waals surface area contributed by atoms with E-state index in [0.717, 1.165) is 22.7 Å². The summed E-state index contributed by atoms with van der Waals surface area (Å²) in [7, 11) is 0. The predicted octanol–water partition coefficient (Wildman–Crippen LogP) is 2.80. The van der Waals surface area contributed by atoms with E-state index in [-0.39, 0.29) is 6.09 Å². The number of hydrogen-bond acceptors (Lipinski definition) is 4. The lowest BCUT2D eigenvalue weighted by molar-refractivity contribution is 0.159. The van der Waals surface area contributed by atoms with E-state index in [4.69, 9.17) is 4.74 Å². The Balaban J connectivity index is 1.64. The maximum absolute atomic E-state index is 11.3. The van der Waals surface area contributed by atoms with Crippen LogP contribution in [0, 0.1) is 0 Å². The molecule has 2 aromatic rings. The number of carbonyl (C=O) groups excluding carboxylic acids is 1. The van der Waals surface area contributed by atoms with Gasteiger partial charge in [-0.15, -0.1) is 11.3 Å². The lowest BCUT2D eigenvalue weighted by Crippen LogP contribution is -2.26. The van der Waals surface area contributed by atoms with Gasteiger partial charge in [0.05, 0.1) is 17.2 Å². The quantitative estimate of drug-likeness (QED) is 0.861. The highest BCUT2D eigenvalue weighted by Crippen LogP contribution is 2.22. The van der Waals surface area contributed by atoms with Gasteiger partial charge in [0.1, 0.15) is 6.61 Å². The molecule has 1 aromatic carbocycles. The average molecular weight is 274 g/mol. The molecule has 4 nitrogen and oxygen atoms in total. The molecule has 19 heavy (non-hydrogen) atoms. The number of aromatic nitrogens is 1. The summed E-state index contributed by atoms with van der Waals surface area (Å²) >= 11 is 1.64. The fraction of sp³-hybridized carbons (Fsp3) is 0.286. The smallest absolute Gasteiger partial charge is 0.409 e. The molecule has 0 bridgehead atoms. The summed E-state index contributed by atoms with van der Waals surface area (Å²) in [6.07, 6.45) is 0.576. The van der Waals surface area contributed by atoms with Crippen molar-refractivity contribution in [2.24, 2.45) is 0 Å². The summed E-state index contributed by atoms with van der Waals surface area (Å²) in [5.74, 6) is 0. The summed E-state index contributed by atoms with van der Waals surface area (Å²) in [4.78, 5) is 17.6. The van der Waals surface area contributed by atoms with Crippen molar-refractivity contribution in [2.45, 2.75) is 6.42 Å². The predicted molar refractivity (Wildman–Crippen MR) is 74.2 cm³/mol. The summed E-state index contributed by atoms with van der Waals surface area (Å²) in [6, 6.07) is 10.1. The number of amides is 1. The van der Waals surface area contributed by atoms with Gasteiger partial charge in [-0.25, -0.2) is 9.78 Å². The van der Waals surface area contributed by atoms with Crippen LogP contribution in [0.2, 0.25) is 0 Å². The Hall–Kier alpha value is -1.88. The van der Waals surface area contributed by atoms with Crippen molar-refractivity contribution in [1.82, 2.24) is 9.88 Å². The van der Waals surface area contributed by atoms with Gasteiger partial charge in [-0.1, -0.05) is 30.3 Å². The zero-order chi connectivity index (χ0) is 13.1. The molecule has 0 radical (unpaired) electrons. The molecule has 3 rings (SSSR count). The molecule has 1 amide bonds. The third-order valence-corrected chi connectivity index (χ3v) is 3.97. The minimum atomic E-state index is -0.208. The Morgan fingerprint density at radius 2 is 2.16 bits per heavy atom. The van der Waals surface area contributed by atoms with Crippen LogP contribution in [0.25, 0.3) is 11.3 Å². The molecular formula is C14H14N2O2S. The molecule has 1 aliphatic rings. The summed E-state index contributed by atoms with van der Waals surface area (Å²) in [5, 5.41) is 3.12. The molecule has 0 unspecified atom stereocenters. The first-order valence-electron chi connectivity index (χ1n) is 6.24.